The summed E-state index contributed by atoms with van der Waals surface area (Å²) in [5, 5.41) is 0. The second-order valence-corrected chi connectivity index (χ2v) is 4.38. The molecule has 1 aliphatic rings. The van der Waals surface area contributed by atoms with E-state index < -0.39 is 0 Å². The van der Waals surface area contributed by atoms with Crippen LogP contribution in [0.2, 0.25) is 0 Å². The van der Waals surface area contributed by atoms with Crippen molar-refractivity contribution in [1.82, 2.24) is 9.97 Å². The van der Waals surface area contributed by atoms with Gasteiger partial charge in [-0.05, 0) is 25.0 Å². The summed E-state index contributed by atoms with van der Waals surface area (Å²) >= 11 is 0. The number of aromatic nitrogens is 2. The number of benzene rings is 1. The third-order valence-corrected chi connectivity index (χ3v) is 3.26. The molecule has 1 aromatic heterocycles. The molecule has 1 saturated carbocycles. The van der Waals surface area contributed by atoms with Crippen LogP contribution in [0.15, 0.2) is 29.1 Å². The monoisotopic (exact) mass is 228 g/mol. The van der Waals surface area contributed by atoms with E-state index in [1.807, 2.05) is 24.3 Å². The van der Waals surface area contributed by atoms with Crippen molar-refractivity contribution in [2.75, 3.05) is 0 Å². The Morgan fingerprint density at radius 3 is 2.82 bits per heavy atom. The summed E-state index contributed by atoms with van der Waals surface area (Å²) in [6, 6.07) is 7.37. The van der Waals surface area contributed by atoms with E-state index in [9.17, 15) is 9.59 Å². The first-order valence-corrected chi connectivity index (χ1v) is 5.77. The molecule has 0 unspecified atom stereocenters. The number of rotatable bonds is 1. The number of aromatic amines is 1. The van der Waals surface area contributed by atoms with Gasteiger partial charge in [0.05, 0.1) is 17.0 Å². The molecule has 4 nitrogen and oxygen atoms in total. The number of nitrogens with one attached hydrogen (secondary N) is 1. The number of carbonyl (C=O) groups is 1. The van der Waals surface area contributed by atoms with Crippen molar-refractivity contribution >= 4 is 16.8 Å². The van der Waals surface area contributed by atoms with E-state index in [4.69, 9.17) is 0 Å². The zero-order valence-corrected chi connectivity index (χ0v) is 9.27. The summed E-state index contributed by atoms with van der Waals surface area (Å²) in [5.41, 5.74) is 1.60. The van der Waals surface area contributed by atoms with Crippen LogP contribution in [0.3, 0.4) is 0 Å². The topological polar surface area (TPSA) is 62.8 Å². The van der Waals surface area contributed by atoms with E-state index in [0.717, 1.165) is 18.4 Å². The number of nitrogens with zero attached hydrogens (tertiary/aromatic N) is 1. The van der Waals surface area contributed by atoms with Crippen LogP contribution in [-0.4, -0.2) is 15.8 Å². The Bertz CT molecular complexity index is 645. The smallest absolute Gasteiger partial charge is 0.270 e. The number of carbonyl (C=O) groups excluding carboxylic acids is 1. The Morgan fingerprint density at radius 1 is 1.24 bits per heavy atom. The van der Waals surface area contributed by atoms with Gasteiger partial charge in [0.15, 0.2) is 0 Å². The largest absolute Gasteiger partial charge is 0.319 e. The summed E-state index contributed by atoms with van der Waals surface area (Å²) in [6.07, 6.45) is 2.17. The SMILES string of the molecule is O=C1CCC[C@H]1c1nc2ccccc2[nH]c1=O. The Labute approximate surface area is 97.7 Å². The number of H-pyrrole nitrogens is 1. The molecule has 1 atom stereocenters. The molecule has 0 aliphatic heterocycles. The number of fused-ring (bicyclic) bond motifs is 1. The number of hydrogen-bond donors (Lipinski definition) is 1. The zero-order valence-electron chi connectivity index (χ0n) is 9.27. The molecule has 17 heavy (non-hydrogen) atoms. The zero-order chi connectivity index (χ0) is 11.8. The van der Waals surface area contributed by atoms with Gasteiger partial charge in [-0.2, -0.15) is 0 Å². The standard InChI is InChI=1S/C13H12N2O2/c16-11-7-3-4-8(11)12-13(17)15-10-6-2-1-5-9(10)14-12/h1-2,5-6,8H,3-4,7H2,(H,15,17)/t8-/m1/s1. The third kappa shape index (κ3) is 1.65. The number of hydrogen-bond acceptors (Lipinski definition) is 3. The first-order valence-electron chi connectivity index (χ1n) is 5.77. The summed E-state index contributed by atoms with van der Waals surface area (Å²) in [6.45, 7) is 0. The molecule has 0 amide bonds. The highest BCUT2D eigenvalue weighted by atomic mass is 16.1. The summed E-state index contributed by atoms with van der Waals surface area (Å²) in [4.78, 5) is 30.7. The van der Waals surface area contributed by atoms with Crippen LogP contribution in [0.25, 0.3) is 11.0 Å². The summed E-state index contributed by atoms with van der Waals surface area (Å²) < 4.78 is 0. The molecule has 1 heterocycles. The van der Waals surface area contributed by atoms with E-state index in [2.05, 4.69) is 9.97 Å². The van der Waals surface area contributed by atoms with Gasteiger partial charge in [-0.15, -0.1) is 0 Å². The van der Waals surface area contributed by atoms with E-state index in [1.54, 1.807) is 0 Å². The fraction of sp³-hybridized carbons (Fsp3) is 0.308. The van der Waals surface area contributed by atoms with Crippen LogP contribution in [0.5, 0.6) is 0 Å². The molecule has 0 radical (unpaired) electrons. The van der Waals surface area contributed by atoms with Gasteiger partial charge in [0.25, 0.3) is 5.56 Å². The first kappa shape index (κ1) is 10.2. The van der Waals surface area contributed by atoms with Gasteiger partial charge in [0.1, 0.15) is 11.5 Å². The second-order valence-electron chi connectivity index (χ2n) is 4.38. The molecule has 4 heteroatoms. The fourth-order valence-corrected chi connectivity index (χ4v) is 2.38. The number of ketones is 1. The molecule has 2 aromatic rings. The molecule has 1 aromatic carbocycles. The quantitative estimate of drug-likeness (QED) is 0.808. The summed E-state index contributed by atoms with van der Waals surface area (Å²) in [7, 11) is 0. The van der Waals surface area contributed by atoms with Gasteiger partial charge in [-0.1, -0.05) is 12.1 Å². The van der Waals surface area contributed by atoms with E-state index in [0.29, 0.717) is 17.6 Å². The van der Waals surface area contributed by atoms with E-state index >= 15 is 0 Å². The highest BCUT2D eigenvalue weighted by molar-refractivity contribution is 5.87. The van der Waals surface area contributed by atoms with E-state index in [-0.39, 0.29) is 17.3 Å². The van der Waals surface area contributed by atoms with Crippen LogP contribution < -0.4 is 5.56 Å². The highest BCUT2D eigenvalue weighted by Gasteiger charge is 2.29. The molecule has 0 saturated heterocycles. The van der Waals surface area contributed by atoms with Gasteiger partial charge in [-0.3, -0.25) is 9.59 Å². The van der Waals surface area contributed by atoms with Crippen molar-refractivity contribution in [2.45, 2.75) is 25.2 Å². The molecule has 86 valence electrons. The lowest BCUT2D eigenvalue weighted by molar-refractivity contribution is -0.118. The minimum absolute atomic E-state index is 0.137. The molecule has 0 spiro atoms. The lowest BCUT2D eigenvalue weighted by Crippen LogP contribution is -2.21. The Balaban J connectivity index is 2.19. The molecular formula is C13H12N2O2. The molecule has 1 fully saturated rings. The molecule has 1 aliphatic carbocycles. The second kappa shape index (κ2) is 3.80. The molecular weight excluding hydrogens is 216 g/mol. The lowest BCUT2D eigenvalue weighted by atomic mass is 10.0. The predicted octanol–water partition coefficient (Wildman–Crippen LogP) is 1.76. The predicted molar refractivity (Wildman–Crippen MR) is 64.0 cm³/mol. The van der Waals surface area contributed by atoms with Crippen LogP contribution in [-0.2, 0) is 4.79 Å². The van der Waals surface area contributed by atoms with Gasteiger partial charge < -0.3 is 4.98 Å². The third-order valence-electron chi connectivity index (χ3n) is 3.26. The van der Waals surface area contributed by atoms with Crippen molar-refractivity contribution in [3.63, 3.8) is 0 Å². The normalized spacial score (nSPS) is 20.0. The molecule has 0 bridgehead atoms. The van der Waals surface area contributed by atoms with Crippen molar-refractivity contribution in [1.29, 1.82) is 0 Å². The van der Waals surface area contributed by atoms with Gasteiger partial charge in [0, 0.05) is 6.42 Å². The minimum Gasteiger partial charge on any atom is -0.319 e. The van der Waals surface area contributed by atoms with Crippen LogP contribution >= 0.6 is 0 Å². The van der Waals surface area contributed by atoms with Gasteiger partial charge in [0.2, 0.25) is 0 Å². The van der Waals surface area contributed by atoms with Crippen LogP contribution in [0, 0.1) is 0 Å². The Kier molecular flexibility index (Phi) is 2.28. The average molecular weight is 228 g/mol. The fourth-order valence-electron chi connectivity index (χ4n) is 2.38. The molecule has 1 N–H and O–H groups in total. The van der Waals surface area contributed by atoms with Gasteiger partial charge in [-0.25, -0.2) is 4.98 Å². The Morgan fingerprint density at radius 2 is 2.06 bits per heavy atom. The highest BCUT2D eigenvalue weighted by Crippen LogP contribution is 2.28. The van der Waals surface area contributed by atoms with Gasteiger partial charge >= 0.3 is 0 Å². The maximum absolute atomic E-state index is 11.9. The minimum atomic E-state index is -0.302. The Hall–Kier alpha value is -1.97. The maximum Gasteiger partial charge on any atom is 0.270 e. The first-order chi connectivity index (χ1) is 8.25. The lowest BCUT2D eigenvalue weighted by Gasteiger charge is -2.07. The summed E-state index contributed by atoms with van der Waals surface area (Å²) in [5.74, 6) is -0.165. The maximum atomic E-state index is 11.9. The molecule has 3 rings (SSSR count). The average Bonchev–Trinajstić information content (AvgIpc) is 2.74. The van der Waals surface area contributed by atoms with E-state index in [1.165, 1.54) is 0 Å². The number of para-hydroxylation sites is 2. The van der Waals surface area contributed by atoms with Crippen molar-refractivity contribution in [2.24, 2.45) is 0 Å². The van der Waals surface area contributed by atoms with Crippen LogP contribution in [0.4, 0.5) is 0 Å². The van der Waals surface area contributed by atoms with Crippen molar-refractivity contribution < 1.29 is 4.79 Å². The van der Waals surface area contributed by atoms with Crippen LogP contribution in [0.1, 0.15) is 30.9 Å². The number of Topliss-reactive ketones (excluding diaryl/α,β-unsaturated/α-hetero) is 1. The van der Waals surface area contributed by atoms with Crippen molar-refractivity contribution in [3.05, 3.63) is 40.3 Å². The van der Waals surface area contributed by atoms with Crippen molar-refractivity contribution in [3.8, 4) is 0 Å².